The fraction of sp³-hybridized carbons (Fsp3) is 0.118. The van der Waals surface area contributed by atoms with Crippen LogP contribution in [-0.4, -0.2) is 5.78 Å². The number of fused-ring (bicyclic) bond motifs is 1. The normalized spacial score (nSPS) is 10.9. The van der Waals surface area contributed by atoms with Gasteiger partial charge in [-0.15, -0.1) is 11.3 Å². The molecule has 0 spiro atoms. The minimum absolute atomic E-state index is 0.0942. The van der Waals surface area contributed by atoms with Crippen LogP contribution in [0.25, 0.3) is 10.1 Å². The van der Waals surface area contributed by atoms with E-state index < -0.39 is 0 Å². The van der Waals surface area contributed by atoms with Crippen LogP contribution in [0, 0.1) is 13.8 Å². The van der Waals surface area contributed by atoms with Gasteiger partial charge in [0.2, 0.25) is 0 Å². The van der Waals surface area contributed by atoms with Crippen LogP contribution in [0.15, 0.2) is 46.3 Å². The van der Waals surface area contributed by atoms with Crippen molar-refractivity contribution >= 4 is 43.1 Å². The fourth-order valence-corrected chi connectivity index (χ4v) is 3.54. The molecule has 0 N–H and O–H groups in total. The number of aryl methyl sites for hydroxylation is 2. The molecule has 0 radical (unpaired) electrons. The number of carbonyl (C=O) groups excluding carboxylic acids is 1. The van der Waals surface area contributed by atoms with Crippen molar-refractivity contribution in [2.45, 2.75) is 13.8 Å². The van der Waals surface area contributed by atoms with Gasteiger partial charge in [0, 0.05) is 20.3 Å². The molecule has 3 rings (SSSR count). The zero-order valence-electron chi connectivity index (χ0n) is 11.2. The minimum Gasteiger partial charge on any atom is -0.289 e. The molecule has 3 aromatic rings. The van der Waals surface area contributed by atoms with Crippen LogP contribution in [0.1, 0.15) is 27.0 Å². The SMILES string of the molecule is Cc1cc(C(=O)c2cccc3ccsc23)cc(C)c1Br. The van der Waals surface area contributed by atoms with Crippen LogP contribution >= 0.6 is 27.3 Å². The Kier molecular flexibility index (Phi) is 3.48. The third kappa shape index (κ3) is 2.21. The predicted octanol–water partition coefficient (Wildman–Crippen LogP) is 5.51. The Balaban J connectivity index is 2.16. The third-order valence-corrected chi connectivity index (χ3v) is 5.64. The van der Waals surface area contributed by atoms with Crippen LogP contribution < -0.4 is 0 Å². The fourth-order valence-electron chi connectivity index (χ4n) is 2.40. The van der Waals surface area contributed by atoms with Gasteiger partial charge in [-0.25, -0.2) is 0 Å². The van der Waals surface area contributed by atoms with Gasteiger partial charge in [-0.3, -0.25) is 4.79 Å². The summed E-state index contributed by atoms with van der Waals surface area (Å²) in [4.78, 5) is 12.8. The molecular formula is C17H13BrOS. The molecular weight excluding hydrogens is 332 g/mol. The summed E-state index contributed by atoms with van der Waals surface area (Å²) < 4.78 is 2.14. The molecule has 0 fully saturated rings. The topological polar surface area (TPSA) is 17.1 Å². The molecule has 20 heavy (non-hydrogen) atoms. The van der Waals surface area contributed by atoms with Crippen molar-refractivity contribution in [2.75, 3.05) is 0 Å². The van der Waals surface area contributed by atoms with Gasteiger partial charge >= 0.3 is 0 Å². The molecule has 100 valence electrons. The summed E-state index contributed by atoms with van der Waals surface area (Å²) in [5.41, 5.74) is 3.72. The lowest BCUT2D eigenvalue weighted by molar-refractivity contribution is 0.104. The third-order valence-electron chi connectivity index (χ3n) is 3.42. The van der Waals surface area contributed by atoms with E-state index in [2.05, 4.69) is 22.0 Å². The van der Waals surface area contributed by atoms with Gasteiger partial charge in [0.25, 0.3) is 0 Å². The second-order valence-electron chi connectivity index (χ2n) is 4.90. The number of hydrogen-bond donors (Lipinski definition) is 0. The van der Waals surface area contributed by atoms with Crippen molar-refractivity contribution in [3.8, 4) is 0 Å². The predicted molar refractivity (Wildman–Crippen MR) is 88.9 cm³/mol. The van der Waals surface area contributed by atoms with Crippen LogP contribution in [0.4, 0.5) is 0 Å². The molecule has 0 aliphatic heterocycles. The Bertz CT molecular complexity index is 794. The number of benzene rings is 2. The number of halogens is 1. The summed E-state index contributed by atoms with van der Waals surface area (Å²) >= 11 is 5.16. The maximum Gasteiger partial charge on any atom is 0.194 e. The molecule has 1 heterocycles. The highest BCUT2D eigenvalue weighted by atomic mass is 79.9. The first-order valence-electron chi connectivity index (χ1n) is 6.35. The largest absolute Gasteiger partial charge is 0.289 e. The summed E-state index contributed by atoms with van der Waals surface area (Å²) in [5, 5.41) is 3.16. The molecule has 0 atom stereocenters. The van der Waals surface area contributed by atoms with Crippen LogP contribution in [-0.2, 0) is 0 Å². The average molecular weight is 345 g/mol. The Morgan fingerprint density at radius 3 is 2.50 bits per heavy atom. The van der Waals surface area contributed by atoms with Gasteiger partial charge < -0.3 is 0 Å². The lowest BCUT2D eigenvalue weighted by Gasteiger charge is -2.08. The molecule has 0 amide bonds. The van der Waals surface area contributed by atoms with E-state index in [1.54, 1.807) is 11.3 Å². The summed E-state index contributed by atoms with van der Waals surface area (Å²) in [6.45, 7) is 4.03. The maximum atomic E-state index is 12.8. The van der Waals surface area contributed by atoms with E-state index in [1.807, 2.05) is 49.6 Å². The molecule has 1 nitrogen and oxygen atoms in total. The smallest absolute Gasteiger partial charge is 0.194 e. The Morgan fingerprint density at radius 1 is 1.10 bits per heavy atom. The standard InChI is InChI=1S/C17H13BrOS/c1-10-8-13(9-11(2)15(10)18)16(19)14-5-3-4-12-6-7-20-17(12)14/h3-9H,1-2H3. The van der Waals surface area contributed by atoms with E-state index in [-0.39, 0.29) is 5.78 Å². The van der Waals surface area contributed by atoms with Gasteiger partial charge in [0.15, 0.2) is 5.78 Å². The Labute approximate surface area is 130 Å². The number of ketones is 1. The second-order valence-corrected chi connectivity index (χ2v) is 6.61. The summed E-state index contributed by atoms with van der Waals surface area (Å²) in [5.74, 6) is 0.0942. The van der Waals surface area contributed by atoms with Crippen molar-refractivity contribution in [3.05, 3.63) is 68.5 Å². The zero-order valence-corrected chi connectivity index (χ0v) is 13.6. The molecule has 0 unspecified atom stereocenters. The van der Waals surface area contributed by atoms with E-state index in [0.29, 0.717) is 0 Å². The Morgan fingerprint density at radius 2 is 1.80 bits per heavy atom. The molecule has 1 aromatic heterocycles. The maximum absolute atomic E-state index is 12.8. The zero-order chi connectivity index (χ0) is 14.3. The molecule has 0 saturated heterocycles. The van der Waals surface area contributed by atoms with Crippen molar-refractivity contribution < 1.29 is 4.79 Å². The van der Waals surface area contributed by atoms with Crippen molar-refractivity contribution in [3.63, 3.8) is 0 Å². The summed E-state index contributed by atoms with van der Waals surface area (Å²) in [6, 6.07) is 11.8. The van der Waals surface area contributed by atoms with Gasteiger partial charge in [-0.05, 0) is 60.0 Å². The first-order valence-corrected chi connectivity index (χ1v) is 8.03. The van der Waals surface area contributed by atoms with E-state index in [0.717, 1.165) is 36.8 Å². The average Bonchev–Trinajstić information content (AvgIpc) is 2.91. The lowest BCUT2D eigenvalue weighted by atomic mass is 9.99. The minimum atomic E-state index is 0.0942. The lowest BCUT2D eigenvalue weighted by Crippen LogP contribution is -2.03. The molecule has 3 heteroatoms. The first-order chi connectivity index (χ1) is 9.58. The van der Waals surface area contributed by atoms with E-state index >= 15 is 0 Å². The highest BCUT2D eigenvalue weighted by Gasteiger charge is 2.15. The highest BCUT2D eigenvalue weighted by Crippen LogP contribution is 2.28. The molecule has 2 aromatic carbocycles. The van der Waals surface area contributed by atoms with Gasteiger partial charge in [-0.2, -0.15) is 0 Å². The van der Waals surface area contributed by atoms with Gasteiger partial charge in [0.1, 0.15) is 0 Å². The summed E-state index contributed by atoms with van der Waals surface area (Å²) in [7, 11) is 0. The van der Waals surface area contributed by atoms with Crippen molar-refractivity contribution in [1.29, 1.82) is 0 Å². The number of thiophene rings is 1. The monoisotopic (exact) mass is 344 g/mol. The van der Waals surface area contributed by atoms with E-state index in [1.165, 1.54) is 0 Å². The molecule has 0 bridgehead atoms. The number of hydrogen-bond acceptors (Lipinski definition) is 2. The Hall–Kier alpha value is -1.45. The highest BCUT2D eigenvalue weighted by molar-refractivity contribution is 9.10. The molecule has 0 aliphatic rings. The van der Waals surface area contributed by atoms with Crippen molar-refractivity contribution in [1.82, 2.24) is 0 Å². The van der Waals surface area contributed by atoms with Crippen molar-refractivity contribution in [2.24, 2.45) is 0 Å². The van der Waals surface area contributed by atoms with Gasteiger partial charge in [0.05, 0.1) is 0 Å². The number of carbonyl (C=O) groups is 1. The second kappa shape index (κ2) is 5.15. The van der Waals surface area contributed by atoms with Crippen LogP contribution in [0.3, 0.4) is 0 Å². The number of rotatable bonds is 2. The summed E-state index contributed by atoms with van der Waals surface area (Å²) in [6.07, 6.45) is 0. The van der Waals surface area contributed by atoms with Crippen LogP contribution in [0.2, 0.25) is 0 Å². The van der Waals surface area contributed by atoms with E-state index in [4.69, 9.17) is 0 Å². The molecule has 0 saturated carbocycles. The quantitative estimate of drug-likeness (QED) is 0.560. The van der Waals surface area contributed by atoms with Gasteiger partial charge in [-0.1, -0.05) is 28.1 Å². The first kappa shape index (κ1) is 13.5. The van der Waals surface area contributed by atoms with E-state index in [9.17, 15) is 4.79 Å². The molecule has 0 aliphatic carbocycles. The van der Waals surface area contributed by atoms with Crippen LogP contribution in [0.5, 0.6) is 0 Å².